The molecule has 0 aliphatic heterocycles. The molecule has 3 nitrogen and oxygen atoms in total. The van der Waals surface area contributed by atoms with Gasteiger partial charge in [-0.2, -0.15) is 0 Å². The van der Waals surface area contributed by atoms with Crippen LogP contribution in [0.25, 0.3) is 16.9 Å². The van der Waals surface area contributed by atoms with E-state index in [2.05, 4.69) is 21.2 Å². The number of fused-ring (bicyclic) bond motifs is 1. The lowest BCUT2D eigenvalue weighted by Gasteiger charge is -2.10. The van der Waals surface area contributed by atoms with Gasteiger partial charge in [-0.3, -0.25) is 4.40 Å². The zero-order valence-corrected chi connectivity index (χ0v) is 14.9. The Morgan fingerprint density at radius 2 is 1.67 bits per heavy atom. The summed E-state index contributed by atoms with van der Waals surface area (Å²) in [4.78, 5) is 4.78. The molecule has 118 valence electrons. The summed E-state index contributed by atoms with van der Waals surface area (Å²) >= 11 is 9.94. The highest BCUT2D eigenvalue weighted by Crippen LogP contribution is 2.35. The zero-order valence-electron chi connectivity index (χ0n) is 12.6. The van der Waals surface area contributed by atoms with Gasteiger partial charge in [0.25, 0.3) is 0 Å². The molecule has 2 heterocycles. The van der Waals surface area contributed by atoms with Crippen LogP contribution in [0, 0.1) is 0 Å². The molecule has 0 saturated carbocycles. The topological polar surface area (TPSA) is 29.3 Å². The Balaban J connectivity index is 1.96. The molecule has 0 aliphatic carbocycles. The number of hydrogen-bond acceptors (Lipinski definition) is 2. The normalized spacial score (nSPS) is 10.9. The van der Waals surface area contributed by atoms with Crippen LogP contribution in [0.5, 0.6) is 0 Å². The van der Waals surface area contributed by atoms with Gasteiger partial charge in [0.1, 0.15) is 17.2 Å². The van der Waals surface area contributed by atoms with Crippen LogP contribution in [0.1, 0.15) is 0 Å². The summed E-state index contributed by atoms with van der Waals surface area (Å²) in [6.07, 6.45) is 1.99. The third-order valence-electron chi connectivity index (χ3n) is 3.75. The van der Waals surface area contributed by atoms with E-state index >= 15 is 0 Å². The molecule has 0 saturated heterocycles. The van der Waals surface area contributed by atoms with E-state index in [-0.39, 0.29) is 0 Å². The highest BCUT2D eigenvalue weighted by molar-refractivity contribution is 9.10. The van der Waals surface area contributed by atoms with Crippen LogP contribution >= 0.6 is 27.5 Å². The third kappa shape index (κ3) is 2.79. The van der Waals surface area contributed by atoms with Crippen molar-refractivity contribution < 1.29 is 0 Å². The Hall–Kier alpha value is -2.30. The van der Waals surface area contributed by atoms with Crippen LogP contribution in [0.15, 0.2) is 77.4 Å². The highest BCUT2D eigenvalue weighted by atomic mass is 79.9. The fourth-order valence-corrected chi connectivity index (χ4v) is 3.20. The van der Waals surface area contributed by atoms with Gasteiger partial charge in [0.2, 0.25) is 0 Å². The zero-order chi connectivity index (χ0) is 16.5. The maximum atomic E-state index is 6.41. The summed E-state index contributed by atoms with van der Waals surface area (Å²) in [6, 6.07) is 21.7. The number of halogens is 2. The highest BCUT2D eigenvalue weighted by Gasteiger charge is 2.16. The number of nitrogens with zero attached hydrogens (tertiary/aromatic N) is 2. The van der Waals surface area contributed by atoms with E-state index in [1.165, 1.54) is 0 Å². The lowest BCUT2D eigenvalue weighted by atomic mass is 10.1. The first-order valence-electron chi connectivity index (χ1n) is 7.47. The Labute approximate surface area is 153 Å². The fraction of sp³-hybridized carbons (Fsp3) is 0. The minimum Gasteiger partial charge on any atom is -0.339 e. The molecule has 5 heteroatoms. The molecule has 24 heavy (non-hydrogen) atoms. The molecular weight excluding hydrogens is 386 g/mol. The summed E-state index contributed by atoms with van der Waals surface area (Å²) in [5, 5.41) is 4.15. The summed E-state index contributed by atoms with van der Waals surface area (Å²) in [6.45, 7) is 0. The molecule has 0 fully saturated rings. The van der Waals surface area contributed by atoms with E-state index in [4.69, 9.17) is 16.6 Å². The van der Waals surface area contributed by atoms with E-state index in [0.29, 0.717) is 5.02 Å². The second-order valence-electron chi connectivity index (χ2n) is 5.36. The summed E-state index contributed by atoms with van der Waals surface area (Å²) in [7, 11) is 0. The third-order valence-corrected chi connectivity index (χ3v) is 4.55. The van der Waals surface area contributed by atoms with E-state index in [1.54, 1.807) is 0 Å². The molecule has 0 radical (unpaired) electrons. The van der Waals surface area contributed by atoms with Crippen LogP contribution in [0.2, 0.25) is 5.02 Å². The van der Waals surface area contributed by atoms with Crippen molar-refractivity contribution in [2.45, 2.75) is 0 Å². The standard InChI is InChI=1S/C19H13BrClN3/c20-13-10-11-17-23-18(15-8-4-5-9-16(15)21)19(24(17)12-13)22-14-6-2-1-3-7-14/h1-12,22H. The number of anilines is 2. The van der Waals surface area contributed by atoms with Crippen molar-refractivity contribution in [3.05, 3.63) is 82.4 Å². The van der Waals surface area contributed by atoms with Crippen LogP contribution in [0.4, 0.5) is 11.5 Å². The van der Waals surface area contributed by atoms with Gasteiger partial charge in [-0.1, -0.05) is 48.0 Å². The van der Waals surface area contributed by atoms with E-state index in [0.717, 1.165) is 32.9 Å². The van der Waals surface area contributed by atoms with Crippen molar-refractivity contribution in [2.24, 2.45) is 0 Å². The number of rotatable bonds is 3. The molecule has 2 aromatic carbocycles. The smallest absolute Gasteiger partial charge is 0.143 e. The molecule has 0 bridgehead atoms. The van der Waals surface area contributed by atoms with Gasteiger partial charge in [0, 0.05) is 21.9 Å². The molecule has 0 atom stereocenters. The van der Waals surface area contributed by atoms with Crippen molar-refractivity contribution in [1.82, 2.24) is 9.38 Å². The van der Waals surface area contributed by atoms with Gasteiger partial charge in [-0.15, -0.1) is 0 Å². The van der Waals surface area contributed by atoms with Crippen molar-refractivity contribution in [2.75, 3.05) is 5.32 Å². The predicted octanol–water partition coefficient (Wildman–Crippen LogP) is 6.16. The Morgan fingerprint density at radius 3 is 2.46 bits per heavy atom. The molecule has 2 aromatic heterocycles. The van der Waals surface area contributed by atoms with Crippen molar-refractivity contribution in [3.63, 3.8) is 0 Å². The van der Waals surface area contributed by atoms with Gasteiger partial charge in [0.05, 0.1) is 5.02 Å². The summed E-state index contributed by atoms with van der Waals surface area (Å²) < 4.78 is 3.00. The second kappa shape index (κ2) is 6.30. The predicted molar refractivity (Wildman–Crippen MR) is 103 cm³/mol. The SMILES string of the molecule is Clc1ccccc1-c1nc2ccc(Br)cn2c1Nc1ccccc1. The number of hydrogen-bond donors (Lipinski definition) is 1. The molecule has 0 unspecified atom stereocenters. The molecule has 0 amide bonds. The molecule has 1 N–H and O–H groups in total. The lowest BCUT2D eigenvalue weighted by molar-refractivity contribution is 1.17. The minimum absolute atomic E-state index is 0.677. The number of para-hydroxylation sites is 1. The Kier molecular flexibility index (Phi) is 4.00. The summed E-state index contributed by atoms with van der Waals surface area (Å²) in [5.41, 5.74) is 3.57. The van der Waals surface area contributed by atoms with Crippen molar-refractivity contribution >= 4 is 44.7 Å². The number of imidazole rings is 1. The minimum atomic E-state index is 0.677. The Morgan fingerprint density at radius 1 is 0.917 bits per heavy atom. The lowest BCUT2D eigenvalue weighted by Crippen LogP contribution is -1.97. The number of aromatic nitrogens is 2. The fourth-order valence-electron chi connectivity index (χ4n) is 2.64. The van der Waals surface area contributed by atoms with Gasteiger partial charge < -0.3 is 5.32 Å². The van der Waals surface area contributed by atoms with E-state index in [1.807, 2.05) is 77.3 Å². The molecule has 4 aromatic rings. The van der Waals surface area contributed by atoms with E-state index < -0.39 is 0 Å². The largest absolute Gasteiger partial charge is 0.339 e. The average molecular weight is 399 g/mol. The number of benzene rings is 2. The first-order valence-corrected chi connectivity index (χ1v) is 8.64. The van der Waals surface area contributed by atoms with Crippen LogP contribution < -0.4 is 5.32 Å². The number of nitrogens with one attached hydrogen (secondary N) is 1. The van der Waals surface area contributed by atoms with Gasteiger partial charge in [0.15, 0.2) is 0 Å². The van der Waals surface area contributed by atoms with Gasteiger partial charge in [-0.05, 0) is 46.3 Å². The first-order chi connectivity index (χ1) is 11.7. The molecule has 0 spiro atoms. The van der Waals surface area contributed by atoms with Crippen LogP contribution in [-0.2, 0) is 0 Å². The van der Waals surface area contributed by atoms with Gasteiger partial charge in [-0.25, -0.2) is 4.98 Å². The average Bonchev–Trinajstić information content (AvgIpc) is 2.94. The Bertz CT molecular complexity index is 1010. The van der Waals surface area contributed by atoms with E-state index in [9.17, 15) is 0 Å². The van der Waals surface area contributed by atoms with Crippen LogP contribution in [0.3, 0.4) is 0 Å². The molecular formula is C19H13BrClN3. The first kappa shape index (κ1) is 15.2. The van der Waals surface area contributed by atoms with Crippen LogP contribution in [-0.4, -0.2) is 9.38 Å². The van der Waals surface area contributed by atoms with Gasteiger partial charge >= 0.3 is 0 Å². The number of pyridine rings is 1. The molecule has 4 rings (SSSR count). The maximum absolute atomic E-state index is 6.41. The van der Waals surface area contributed by atoms with Crippen molar-refractivity contribution in [3.8, 4) is 11.3 Å². The monoisotopic (exact) mass is 397 g/mol. The van der Waals surface area contributed by atoms with Crippen molar-refractivity contribution in [1.29, 1.82) is 0 Å². The maximum Gasteiger partial charge on any atom is 0.143 e. The quantitative estimate of drug-likeness (QED) is 0.448. The summed E-state index contributed by atoms with van der Waals surface area (Å²) in [5.74, 6) is 0.880. The second-order valence-corrected chi connectivity index (χ2v) is 6.68. The molecule has 0 aliphatic rings.